The van der Waals surface area contributed by atoms with Crippen LogP contribution < -0.4 is 5.32 Å². The number of fused-ring (bicyclic) bond motifs is 1. The highest BCUT2D eigenvalue weighted by Gasteiger charge is 2.20. The van der Waals surface area contributed by atoms with Crippen molar-refractivity contribution >= 4 is 27.4 Å². The number of pyridine rings is 1. The maximum absolute atomic E-state index is 15.3. The van der Waals surface area contributed by atoms with Gasteiger partial charge in [-0.25, -0.2) is 14.4 Å². The quantitative estimate of drug-likeness (QED) is 0.521. The van der Waals surface area contributed by atoms with Gasteiger partial charge in [-0.3, -0.25) is 15.0 Å². The van der Waals surface area contributed by atoms with Gasteiger partial charge in [-0.05, 0) is 30.4 Å². The summed E-state index contributed by atoms with van der Waals surface area (Å²) in [6, 6.07) is 3.99. The van der Waals surface area contributed by atoms with Crippen molar-refractivity contribution in [3.05, 3.63) is 59.5 Å². The molecule has 0 aliphatic heterocycles. The van der Waals surface area contributed by atoms with Crippen LogP contribution in [0.5, 0.6) is 0 Å². The first-order valence-corrected chi connectivity index (χ1v) is 10.6. The van der Waals surface area contributed by atoms with E-state index >= 15 is 4.39 Å². The summed E-state index contributed by atoms with van der Waals surface area (Å²) < 4.78 is 16.3. The van der Waals surface area contributed by atoms with Gasteiger partial charge in [0.25, 0.3) is 0 Å². The third-order valence-electron chi connectivity index (χ3n) is 5.17. The van der Waals surface area contributed by atoms with Gasteiger partial charge in [0.05, 0.1) is 27.2 Å². The zero-order valence-electron chi connectivity index (χ0n) is 15.7. The molecule has 1 saturated carbocycles. The van der Waals surface area contributed by atoms with Crippen LogP contribution in [-0.2, 0) is 6.42 Å². The molecule has 1 N–H and O–H groups in total. The Morgan fingerprint density at radius 2 is 1.97 bits per heavy atom. The van der Waals surface area contributed by atoms with Gasteiger partial charge in [0, 0.05) is 37.3 Å². The lowest BCUT2D eigenvalue weighted by Crippen LogP contribution is -2.16. The molecule has 5 rings (SSSR count). The maximum atomic E-state index is 15.3. The standard InChI is InChI=1S/C21H19FN6S/c22-18-15(5-7-25-17(18)11-14-12-23-8-9-24-14)20-27-16-6-10-29-19(16)21(28-20)26-13-3-1-2-4-13/h5-10,12-13H,1-4,11H2,(H,26,27,28). The van der Waals surface area contributed by atoms with Gasteiger partial charge in [-0.2, -0.15) is 0 Å². The van der Waals surface area contributed by atoms with Crippen molar-refractivity contribution in [1.29, 1.82) is 0 Å². The fourth-order valence-electron chi connectivity index (χ4n) is 3.72. The smallest absolute Gasteiger partial charge is 0.165 e. The van der Waals surface area contributed by atoms with Crippen molar-refractivity contribution in [3.8, 4) is 11.4 Å². The molecule has 1 aliphatic rings. The molecule has 0 spiro atoms. The second-order valence-corrected chi connectivity index (χ2v) is 8.07. The number of nitrogens with one attached hydrogen (secondary N) is 1. The fraction of sp³-hybridized carbons (Fsp3) is 0.286. The minimum absolute atomic E-state index is 0.265. The molecular weight excluding hydrogens is 387 g/mol. The Labute approximate surface area is 171 Å². The minimum Gasteiger partial charge on any atom is -0.366 e. The molecule has 146 valence electrons. The fourth-order valence-corrected chi connectivity index (χ4v) is 4.50. The summed E-state index contributed by atoms with van der Waals surface area (Å²) in [5.74, 6) is 0.745. The van der Waals surface area contributed by atoms with Gasteiger partial charge in [0.2, 0.25) is 0 Å². The molecule has 4 aromatic rings. The normalized spacial score (nSPS) is 14.5. The second kappa shape index (κ2) is 7.79. The molecule has 4 heterocycles. The number of nitrogens with zero attached hydrogens (tertiary/aromatic N) is 5. The summed E-state index contributed by atoms with van der Waals surface area (Å²) in [5.41, 5.74) is 2.14. The number of halogens is 1. The van der Waals surface area contributed by atoms with Crippen LogP contribution in [0.1, 0.15) is 37.1 Å². The average molecular weight is 406 g/mol. The molecule has 29 heavy (non-hydrogen) atoms. The second-order valence-electron chi connectivity index (χ2n) is 7.15. The van der Waals surface area contributed by atoms with E-state index in [-0.39, 0.29) is 6.42 Å². The number of anilines is 1. The van der Waals surface area contributed by atoms with Crippen molar-refractivity contribution < 1.29 is 4.39 Å². The predicted molar refractivity (Wildman–Crippen MR) is 111 cm³/mol. The Morgan fingerprint density at radius 3 is 2.79 bits per heavy atom. The van der Waals surface area contributed by atoms with E-state index in [4.69, 9.17) is 4.98 Å². The lowest BCUT2D eigenvalue weighted by molar-refractivity contribution is 0.605. The van der Waals surface area contributed by atoms with Crippen LogP contribution in [0, 0.1) is 5.82 Å². The zero-order valence-corrected chi connectivity index (χ0v) is 16.5. The highest BCUT2D eigenvalue weighted by molar-refractivity contribution is 7.17. The largest absolute Gasteiger partial charge is 0.366 e. The van der Waals surface area contributed by atoms with Crippen molar-refractivity contribution in [2.75, 3.05) is 5.32 Å². The average Bonchev–Trinajstić information content (AvgIpc) is 3.42. The van der Waals surface area contributed by atoms with E-state index in [1.165, 1.54) is 12.8 Å². The van der Waals surface area contributed by atoms with Crippen molar-refractivity contribution in [2.24, 2.45) is 0 Å². The molecule has 0 atom stereocenters. The third kappa shape index (κ3) is 3.67. The van der Waals surface area contributed by atoms with E-state index in [1.54, 1.807) is 42.2 Å². The van der Waals surface area contributed by atoms with Gasteiger partial charge in [-0.1, -0.05) is 12.8 Å². The van der Waals surface area contributed by atoms with Crippen LogP contribution in [0.4, 0.5) is 10.2 Å². The Hall–Kier alpha value is -3.00. The number of hydrogen-bond donors (Lipinski definition) is 1. The number of hydrogen-bond acceptors (Lipinski definition) is 7. The molecule has 1 fully saturated rings. The van der Waals surface area contributed by atoms with Crippen LogP contribution in [-0.4, -0.2) is 31.0 Å². The molecule has 6 nitrogen and oxygen atoms in total. The van der Waals surface area contributed by atoms with Gasteiger partial charge < -0.3 is 5.32 Å². The van der Waals surface area contributed by atoms with E-state index in [9.17, 15) is 0 Å². The number of rotatable bonds is 5. The maximum Gasteiger partial charge on any atom is 0.165 e. The molecule has 0 radical (unpaired) electrons. The van der Waals surface area contributed by atoms with E-state index in [1.807, 2.05) is 11.4 Å². The van der Waals surface area contributed by atoms with E-state index in [0.29, 0.717) is 28.8 Å². The van der Waals surface area contributed by atoms with Crippen molar-refractivity contribution in [2.45, 2.75) is 38.1 Å². The lowest BCUT2D eigenvalue weighted by Gasteiger charge is -2.14. The van der Waals surface area contributed by atoms with Crippen molar-refractivity contribution in [1.82, 2.24) is 24.9 Å². The van der Waals surface area contributed by atoms with Gasteiger partial charge in [0.15, 0.2) is 11.6 Å². The van der Waals surface area contributed by atoms with Crippen LogP contribution in [0.3, 0.4) is 0 Å². The summed E-state index contributed by atoms with van der Waals surface area (Å²) in [5, 5.41) is 5.55. The first-order valence-electron chi connectivity index (χ1n) is 9.68. The lowest BCUT2D eigenvalue weighted by atomic mass is 10.1. The molecule has 0 amide bonds. The number of thiophene rings is 1. The highest BCUT2D eigenvalue weighted by atomic mass is 32.1. The van der Waals surface area contributed by atoms with Crippen molar-refractivity contribution in [3.63, 3.8) is 0 Å². The topological polar surface area (TPSA) is 76.5 Å². The summed E-state index contributed by atoms with van der Waals surface area (Å²) in [7, 11) is 0. The summed E-state index contributed by atoms with van der Waals surface area (Å²) >= 11 is 1.60. The summed E-state index contributed by atoms with van der Waals surface area (Å²) in [6.07, 6.45) is 11.4. The van der Waals surface area contributed by atoms with E-state index < -0.39 is 5.82 Å². The SMILES string of the molecule is Fc1c(-c2nc(NC3CCCC3)c3sccc3n2)ccnc1Cc1cnccn1. The highest BCUT2D eigenvalue weighted by Crippen LogP contribution is 2.32. The third-order valence-corrected chi connectivity index (χ3v) is 6.08. The molecule has 0 unspecified atom stereocenters. The van der Waals surface area contributed by atoms with Crippen LogP contribution in [0.15, 0.2) is 42.3 Å². The Morgan fingerprint density at radius 1 is 1.07 bits per heavy atom. The van der Waals surface area contributed by atoms with Gasteiger partial charge in [0.1, 0.15) is 5.82 Å². The number of aromatic nitrogens is 5. The van der Waals surface area contributed by atoms with Crippen LogP contribution in [0.25, 0.3) is 21.6 Å². The van der Waals surface area contributed by atoms with E-state index in [0.717, 1.165) is 28.9 Å². The Balaban J connectivity index is 1.54. The molecule has 0 saturated heterocycles. The zero-order chi connectivity index (χ0) is 19.6. The molecular formula is C21H19FN6S. The molecule has 0 aromatic carbocycles. The van der Waals surface area contributed by atoms with Crippen LogP contribution in [0.2, 0.25) is 0 Å². The first kappa shape index (κ1) is 18.1. The van der Waals surface area contributed by atoms with E-state index in [2.05, 4.69) is 25.3 Å². The monoisotopic (exact) mass is 406 g/mol. The molecule has 1 aliphatic carbocycles. The van der Waals surface area contributed by atoms with Gasteiger partial charge in [-0.15, -0.1) is 11.3 Å². The molecule has 0 bridgehead atoms. The Bertz CT molecular complexity index is 1140. The Kier molecular flexibility index (Phi) is 4.85. The molecule has 4 aromatic heterocycles. The minimum atomic E-state index is -0.417. The summed E-state index contributed by atoms with van der Waals surface area (Å²) in [6.45, 7) is 0. The van der Waals surface area contributed by atoms with Crippen LogP contribution >= 0.6 is 11.3 Å². The molecule has 8 heteroatoms. The summed E-state index contributed by atoms with van der Waals surface area (Å²) in [4.78, 5) is 21.8. The first-order chi connectivity index (χ1) is 14.3. The predicted octanol–water partition coefficient (Wildman–Crippen LogP) is 4.63. The van der Waals surface area contributed by atoms with Gasteiger partial charge >= 0.3 is 0 Å².